The molecule has 1 saturated heterocycles. The lowest BCUT2D eigenvalue weighted by molar-refractivity contribution is 0.469. The van der Waals surface area contributed by atoms with Crippen LogP contribution in [0.1, 0.15) is 53.4 Å². The molecule has 1 fully saturated rings. The van der Waals surface area contributed by atoms with E-state index in [2.05, 4.69) is 59.6 Å². The number of fused-ring (bicyclic) bond motifs is 1. The minimum Gasteiger partial charge on any atom is -0.508 e. The third-order valence-electron chi connectivity index (χ3n) is 6.38. The highest BCUT2D eigenvalue weighted by Gasteiger charge is 2.32. The zero-order valence-electron chi connectivity index (χ0n) is 16.1. The fraction of sp³-hybridized carbons (Fsp3) is 0.320. The quantitative estimate of drug-likeness (QED) is 0.684. The average molecular weight is 370 g/mol. The van der Waals surface area contributed by atoms with E-state index in [0.29, 0.717) is 11.7 Å². The number of hydrogen-bond acceptors (Lipinski definition) is 3. The molecule has 0 bridgehead atoms. The molecule has 2 heterocycles. The van der Waals surface area contributed by atoms with Crippen molar-refractivity contribution in [1.82, 2.24) is 4.98 Å². The first-order valence-electron chi connectivity index (χ1n) is 10.4. The number of hydrogen-bond donors (Lipinski definition) is 1. The normalized spacial score (nSPS) is 21.5. The van der Waals surface area contributed by atoms with Gasteiger partial charge in [-0.1, -0.05) is 42.5 Å². The number of phenolic OH excluding ortho intramolecular Hbond substituents is 1. The molecule has 0 radical (unpaired) electrons. The Morgan fingerprint density at radius 1 is 0.893 bits per heavy atom. The number of aromatic hydroxyl groups is 1. The highest BCUT2D eigenvalue weighted by Crippen LogP contribution is 2.46. The average Bonchev–Trinajstić information content (AvgIpc) is 3.28. The van der Waals surface area contributed by atoms with Crippen LogP contribution in [0.25, 0.3) is 0 Å². The van der Waals surface area contributed by atoms with Crippen molar-refractivity contribution in [3.63, 3.8) is 0 Å². The maximum atomic E-state index is 9.97. The Morgan fingerprint density at radius 2 is 1.71 bits per heavy atom. The second kappa shape index (κ2) is 7.31. The standard InChI is InChI=1S/C25H26N2O/c28-21-10-12-23-19(16-21)8-11-22(18-6-2-1-3-7-18)25(23)20-9-13-24(26-17-20)27-14-4-5-15-27/h1-3,6-7,9-10,12-13,16-17,22,25,28H,4-5,8,11,14-15H2. The minimum absolute atomic E-state index is 0.270. The first-order valence-corrected chi connectivity index (χ1v) is 10.4. The lowest BCUT2D eigenvalue weighted by Crippen LogP contribution is -2.22. The summed E-state index contributed by atoms with van der Waals surface area (Å²) < 4.78 is 0. The molecular formula is C25H26N2O. The molecule has 3 aromatic rings. The van der Waals surface area contributed by atoms with Gasteiger partial charge < -0.3 is 10.0 Å². The molecule has 0 saturated carbocycles. The van der Waals surface area contributed by atoms with Crippen LogP contribution in [-0.2, 0) is 6.42 Å². The fourth-order valence-electron chi connectivity index (χ4n) is 4.99. The molecular weight excluding hydrogens is 344 g/mol. The van der Waals surface area contributed by atoms with Crippen LogP contribution in [0, 0.1) is 0 Å². The SMILES string of the molecule is Oc1ccc2c(c1)CCC(c1ccccc1)C2c1ccc(N2CCCC2)nc1. The number of aryl methyl sites for hydroxylation is 1. The Morgan fingerprint density at radius 3 is 2.46 bits per heavy atom. The Balaban J connectivity index is 1.56. The number of phenols is 1. The van der Waals surface area contributed by atoms with E-state index in [1.165, 1.54) is 35.1 Å². The van der Waals surface area contributed by atoms with Gasteiger partial charge in [0.2, 0.25) is 0 Å². The number of rotatable bonds is 3. The first kappa shape index (κ1) is 17.3. The number of pyridine rings is 1. The van der Waals surface area contributed by atoms with Crippen molar-refractivity contribution in [2.45, 2.75) is 37.5 Å². The van der Waals surface area contributed by atoms with Crippen LogP contribution in [0.15, 0.2) is 66.9 Å². The van der Waals surface area contributed by atoms with Crippen molar-refractivity contribution >= 4 is 5.82 Å². The monoisotopic (exact) mass is 370 g/mol. The second-order valence-electron chi connectivity index (χ2n) is 8.06. The second-order valence-corrected chi connectivity index (χ2v) is 8.06. The highest BCUT2D eigenvalue weighted by molar-refractivity contribution is 5.49. The Bertz CT molecular complexity index is 946. The Kier molecular flexibility index (Phi) is 4.52. The van der Waals surface area contributed by atoms with Gasteiger partial charge in [0, 0.05) is 25.2 Å². The molecule has 1 aliphatic heterocycles. The molecule has 1 N–H and O–H groups in total. The van der Waals surface area contributed by atoms with Gasteiger partial charge in [-0.2, -0.15) is 0 Å². The van der Waals surface area contributed by atoms with Gasteiger partial charge in [0.15, 0.2) is 0 Å². The first-order chi connectivity index (χ1) is 13.8. The van der Waals surface area contributed by atoms with Crippen LogP contribution in [0.3, 0.4) is 0 Å². The van der Waals surface area contributed by atoms with E-state index in [1.807, 2.05) is 12.1 Å². The number of benzene rings is 2. The van der Waals surface area contributed by atoms with Gasteiger partial charge in [0.25, 0.3) is 0 Å². The molecule has 5 rings (SSSR count). The van der Waals surface area contributed by atoms with Crippen LogP contribution in [0.5, 0.6) is 5.75 Å². The van der Waals surface area contributed by atoms with Gasteiger partial charge in [0.05, 0.1) is 0 Å². The molecule has 0 amide bonds. The number of nitrogens with zero attached hydrogens (tertiary/aromatic N) is 2. The largest absolute Gasteiger partial charge is 0.508 e. The predicted octanol–water partition coefficient (Wildman–Crippen LogP) is 5.25. The van der Waals surface area contributed by atoms with Gasteiger partial charge in [0.1, 0.15) is 11.6 Å². The summed E-state index contributed by atoms with van der Waals surface area (Å²) in [6, 6.07) is 21.2. The summed E-state index contributed by atoms with van der Waals surface area (Å²) in [7, 11) is 0. The molecule has 2 aromatic carbocycles. The Hall–Kier alpha value is -2.81. The molecule has 1 aliphatic carbocycles. The highest BCUT2D eigenvalue weighted by atomic mass is 16.3. The summed E-state index contributed by atoms with van der Waals surface area (Å²) >= 11 is 0. The fourth-order valence-corrected chi connectivity index (χ4v) is 4.99. The van der Waals surface area contributed by atoms with Gasteiger partial charge in [-0.05, 0) is 72.1 Å². The van der Waals surface area contributed by atoms with Crippen molar-refractivity contribution in [2.75, 3.05) is 18.0 Å². The van der Waals surface area contributed by atoms with Crippen molar-refractivity contribution in [3.8, 4) is 5.75 Å². The molecule has 28 heavy (non-hydrogen) atoms. The molecule has 3 nitrogen and oxygen atoms in total. The van der Waals surface area contributed by atoms with Crippen molar-refractivity contribution < 1.29 is 5.11 Å². The van der Waals surface area contributed by atoms with Gasteiger partial charge in [-0.3, -0.25) is 0 Å². The van der Waals surface area contributed by atoms with E-state index in [0.717, 1.165) is 31.7 Å². The van der Waals surface area contributed by atoms with Gasteiger partial charge in [-0.15, -0.1) is 0 Å². The van der Waals surface area contributed by atoms with E-state index in [1.54, 1.807) is 0 Å². The molecule has 2 aliphatic rings. The summed E-state index contributed by atoms with van der Waals surface area (Å²) in [5.74, 6) is 2.15. The summed E-state index contributed by atoms with van der Waals surface area (Å²) in [6.45, 7) is 2.23. The summed E-state index contributed by atoms with van der Waals surface area (Å²) in [6.07, 6.45) is 6.69. The number of aromatic nitrogens is 1. The van der Waals surface area contributed by atoms with E-state index >= 15 is 0 Å². The molecule has 0 spiro atoms. The third-order valence-corrected chi connectivity index (χ3v) is 6.38. The van der Waals surface area contributed by atoms with Crippen molar-refractivity contribution in [2.24, 2.45) is 0 Å². The van der Waals surface area contributed by atoms with Crippen LogP contribution in [0.4, 0.5) is 5.82 Å². The molecule has 142 valence electrons. The zero-order chi connectivity index (χ0) is 18.9. The van der Waals surface area contributed by atoms with Crippen LogP contribution < -0.4 is 4.90 Å². The third kappa shape index (κ3) is 3.15. The molecule has 3 heteroatoms. The van der Waals surface area contributed by atoms with Crippen LogP contribution in [-0.4, -0.2) is 23.2 Å². The summed E-state index contributed by atoms with van der Waals surface area (Å²) in [5.41, 5.74) is 5.24. The molecule has 2 atom stereocenters. The minimum atomic E-state index is 0.270. The zero-order valence-corrected chi connectivity index (χ0v) is 16.1. The van der Waals surface area contributed by atoms with E-state index in [9.17, 15) is 5.11 Å². The van der Waals surface area contributed by atoms with Crippen LogP contribution in [0.2, 0.25) is 0 Å². The van der Waals surface area contributed by atoms with Crippen molar-refractivity contribution in [1.29, 1.82) is 0 Å². The lowest BCUT2D eigenvalue weighted by atomic mass is 9.69. The van der Waals surface area contributed by atoms with Crippen LogP contribution >= 0.6 is 0 Å². The van der Waals surface area contributed by atoms with Gasteiger partial charge in [-0.25, -0.2) is 4.98 Å². The smallest absolute Gasteiger partial charge is 0.128 e. The van der Waals surface area contributed by atoms with Gasteiger partial charge >= 0.3 is 0 Å². The van der Waals surface area contributed by atoms with E-state index < -0.39 is 0 Å². The number of anilines is 1. The predicted molar refractivity (Wildman–Crippen MR) is 113 cm³/mol. The van der Waals surface area contributed by atoms with E-state index in [-0.39, 0.29) is 5.92 Å². The van der Waals surface area contributed by atoms with E-state index in [4.69, 9.17) is 4.98 Å². The molecule has 1 aromatic heterocycles. The molecule has 2 unspecified atom stereocenters. The Labute approximate surface area is 166 Å². The van der Waals surface area contributed by atoms with Crippen molar-refractivity contribution in [3.05, 3.63) is 89.1 Å². The lowest BCUT2D eigenvalue weighted by Gasteiger charge is -2.34. The maximum Gasteiger partial charge on any atom is 0.128 e. The topological polar surface area (TPSA) is 36.4 Å². The summed E-state index contributed by atoms with van der Waals surface area (Å²) in [5, 5.41) is 9.97. The maximum absolute atomic E-state index is 9.97. The summed E-state index contributed by atoms with van der Waals surface area (Å²) in [4.78, 5) is 7.21.